The number of halogens is 1. The molecule has 0 aliphatic heterocycles. The summed E-state index contributed by atoms with van der Waals surface area (Å²) in [7, 11) is 0. The number of hydrogen-bond donors (Lipinski definition) is 2. The highest BCUT2D eigenvalue weighted by molar-refractivity contribution is 5.67. The van der Waals surface area contributed by atoms with Crippen LogP contribution >= 0.6 is 0 Å². The fourth-order valence-corrected chi connectivity index (χ4v) is 1.60. The van der Waals surface area contributed by atoms with Crippen molar-refractivity contribution in [3.8, 4) is 0 Å². The minimum atomic E-state index is -0.524. The first-order chi connectivity index (χ1) is 9.17. The molecule has 0 radical (unpaired) electrons. The lowest BCUT2D eigenvalue weighted by molar-refractivity contribution is 0.0526. The van der Waals surface area contributed by atoms with Crippen LogP contribution < -0.4 is 10.6 Å². The lowest BCUT2D eigenvalue weighted by atomic mass is 10.2. The van der Waals surface area contributed by atoms with Crippen molar-refractivity contribution in [2.45, 2.75) is 46.3 Å². The Morgan fingerprint density at radius 3 is 2.60 bits per heavy atom. The largest absolute Gasteiger partial charge is 0.444 e. The summed E-state index contributed by atoms with van der Waals surface area (Å²) in [5.41, 5.74) is 0.769. The van der Waals surface area contributed by atoms with Crippen LogP contribution in [0.5, 0.6) is 0 Å². The summed E-state index contributed by atoms with van der Waals surface area (Å²) in [5, 5.41) is 5.65. The van der Waals surface area contributed by atoms with Crippen molar-refractivity contribution in [2.24, 2.45) is 0 Å². The zero-order valence-corrected chi connectivity index (χ0v) is 12.7. The molecule has 0 saturated heterocycles. The van der Waals surface area contributed by atoms with Gasteiger partial charge < -0.3 is 15.4 Å². The van der Waals surface area contributed by atoms with E-state index < -0.39 is 11.7 Å². The maximum Gasteiger partial charge on any atom is 0.407 e. The molecular formula is C15H23FN2O2. The van der Waals surface area contributed by atoms with Crippen molar-refractivity contribution in [3.05, 3.63) is 29.6 Å². The molecule has 1 amide bonds. The summed E-state index contributed by atoms with van der Waals surface area (Å²) in [5.74, 6) is -0.297. The predicted octanol–water partition coefficient (Wildman–Crippen LogP) is 3.46. The summed E-state index contributed by atoms with van der Waals surface area (Å²) >= 11 is 0. The highest BCUT2D eigenvalue weighted by atomic mass is 19.1. The molecule has 0 aromatic heterocycles. The summed E-state index contributed by atoms with van der Waals surface area (Å²) in [6.07, 6.45) is -0.476. The fourth-order valence-electron chi connectivity index (χ4n) is 1.60. The van der Waals surface area contributed by atoms with E-state index in [9.17, 15) is 9.18 Å². The van der Waals surface area contributed by atoms with Crippen molar-refractivity contribution in [1.29, 1.82) is 0 Å². The van der Waals surface area contributed by atoms with Gasteiger partial charge in [0.05, 0.1) is 5.69 Å². The molecule has 1 aromatic carbocycles. The fraction of sp³-hybridized carbons (Fsp3) is 0.533. The number of anilines is 1. The first kappa shape index (κ1) is 16.3. The number of rotatable bonds is 4. The molecule has 2 N–H and O–H groups in total. The zero-order valence-electron chi connectivity index (χ0n) is 12.7. The van der Waals surface area contributed by atoms with Gasteiger partial charge in [-0.3, -0.25) is 0 Å². The molecule has 4 nitrogen and oxygen atoms in total. The molecule has 1 aromatic rings. The maximum atomic E-state index is 13.7. The normalized spacial score (nSPS) is 12.7. The van der Waals surface area contributed by atoms with Crippen molar-refractivity contribution >= 4 is 11.8 Å². The number of amides is 1. The van der Waals surface area contributed by atoms with Gasteiger partial charge in [-0.05, 0) is 52.3 Å². The van der Waals surface area contributed by atoms with Crippen LogP contribution in [0.1, 0.15) is 33.3 Å². The van der Waals surface area contributed by atoms with Gasteiger partial charge >= 0.3 is 6.09 Å². The van der Waals surface area contributed by atoms with Gasteiger partial charge in [0.1, 0.15) is 11.4 Å². The summed E-state index contributed by atoms with van der Waals surface area (Å²) in [6, 6.07) is 4.88. The second kappa shape index (κ2) is 6.59. The minimum Gasteiger partial charge on any atom is -0.444 e. The first-order valence-corrected chi connectivity index (χ1v) is 6.67. The Labute approximate surface area is 119 Å². The molecule has 0 bridgehead atoms. The Morgan fingerprint density at radius 2 is 2.05 bits per heavy atom. The van der Waals surface area contributed by atoms with Gasteiger partial charge in [0, 0.05) is 12.6 Å². The highest BCUT2D eigenvalue weighted by Crippen LogP contribution is 2.16. The van der Waals surface area contributed by atoms with Gasteiger partial charge in [0.2, 0.25) is 0 Å². The van der Waals surface area contributed by atoms with Crippen LogP contribution in [0, 0.1) is 12.7 Å². The van der Waals surface area contributed by atoms with Crippen molar-refractivity contribution in [1.82, 2.24) is 5.32 Å². The highest BCUT2D eigenvalue weighted by Gasteiger charge is 2.16. The average molecular weight is 282 g/mol. The number of nitrogens with one attached hydrogen (secondary N) is 2. The van der Waals surface area contributed by atoms with E-state index in [-0.39, 0.29) is 11.9 Å². The van der Waals surface area contributed by atoms with Crippen LogP contribution in [0.25, 0.3) is 0 Å². The van der Waals surface area contributed by atoms with Crippen LogP contribution in [0.2, 0.25) is 0 Å². The van der Waals surface area contributed by atoms with Gasteiger partial charge in [-0.1, -0.05) is 6.07 Å². The van der Waals surface area contributed by atoms with E-state index in [2.05, 4.69) is 10.6 Å². The lowest BCUT2D eigenvalue weighted by Crippen LogP contribution is -2.38. The van der Waals surface area contributed by atoms with Gasteiger partial charge in [-0.25, -0.2) is 9.18 Å². The Morgan fingerprint density at radius 1 is 1.40 bits per heavy atom. The quantitative estimate of drug-likeness (QED) is 0.889. The Bertz CT molecular complexity index is 469. The molecule has 1 rings (SSSR count). The molecule has 0 heterocycles. The zero-order chi connectivity index (χ0) is 15.3. The van der Waals surface area contributed by atoms with Gasteiger partial charge in [-0.2, -0.15) is 0 Å². The van der Waals surface area contributed by atoms with E-state index in [4.69, 9.17) is 4.74 Å². The topological polar surface area (TPSA) is 50.4 Å². The molecule has 112 valence electrons. The standard InChI is InChI=1S/C15H23FN2O2/c1-10-6-7-13(12(16)8-10)18-11(2)9-17-14(19)20-15(3,4)5/h6-8,11,18H,9H2,1-5H3,(H,17,19). The van der Waals surface area contributed by atoms with E-state index in [1.807, 2.05) is 19.9 Å². The molecule has 20 heavy (non-hydrogen) atoms. The molecule has 0 spiro atoms. The van der Waals surface area contributed by atoms with E-state index in [1.54, 1.807) is 26.8 Å². The van der Waals surface area contributed by atoms with Crippen LogP contribution in [0.3, 0.4) is 0 Å². The number of aryl methyl sites for hydroxylation is 1. The molecule has 1 atom stereocenters. The van der Waals surface area contributed by atoms with Crippen LogP contribution in [0.4, 0.5) is 14.9 Å². The molecule has 0 aliphatic rings. The van der Waals surface area contributed by atoms with E-state index in [0.717, 1.165) is 5.56 Å². The molecule has 0 saturated carbocycles. The molecular weight excluding hydrogens is 259 g/mol. The number of benzene rings is 1. The number of carbonyl (C=O) groups is 1. The molecule has 5 heteroatoms. The van der Waals surface area contributed by atoms with Gasteiger partial charge in [0.15, 0.2) is 0 Å². The third-order valence-corrected chi connectivity index (χ3v) is 2.48. The number of ether oxygens (including phenoxy) is 1. The third-order valence-electron chi connectivity index (χ3n) is 2.48. The van der Waals surface area contributed by atoms with Crippen LogP contribution in [-0.4, -0.2) is 24.3 Å². The second-order valence-electron chi connectivity index (χ2n) is 5.91. The SMILES string of the molecule is Cc1ccc(NC(C)CNC(=O)OC(C)(C)C)c(F)c1. The first-order valence-electron chi connectivity index (χ1n) is 6.67. The van der Waals surface area contributed by atoms with Crippen LogP contribution in [-0.2, 0) is 4.74 Å². The van der Waals surface area contributed by atoms with E-state index in [0.29, 0.717) is 12.2 Å². The van der Waals surface area contributed by atoms with E-state index >= 15 is 0 Å². The maximum absolute atomic E-state index is 13.7. The summed E-state index contributed by atoms with van der Waals surface area (Å²) in [4.78, 5) is 11.5. The predicted molar refractivity (Wildman–Crippen MR) is 78.5 cm³/mol. The van der Waals surface area contributed by atoms with Crippen molar-refractivity contribution < 1.29 is 13.9 Å². The van der Waals surface area contributed by atoms with Crippen LogP contribution in [0.15, 0.2) is 18.2 Å². The Balaban J connectivity index is 2.44. The molecule has 0 aliphatic carbocycles. The summed E-state index contributed by atoms with van der Waals surface area (Å²) in [6.45, 7) is 9.45. The second-order valence-corrected chi connectivity index (χ2v) is 5.91. The van der Waals surface area contributed by atoms with Gasteiger partial charge in [0.25, 0.3) is 0 Å². The lowest BCUT2D eigenvalue weighted by Gasteiger charge is -2.21. The number of hydrogen-bond acceptors (Lipinski definition) is 3. The summed E-state index contributed by atoms with van der Waals surface area (Å²) < 4.78 is 18.8. The van der Waals surface area contributed by atoms with E-state index in [1.165, 1.54) is 6.07 Å². The Hall–Kier alpha value is -1.78. The number of alkyl carbamates (subject to hydrolysis) is 1. The average Bonchev–Trinajstić information content (AvgIpc) is 2.28. The monoisotopic (exact) mass is 282 g/mol. The molecule has 0 fully saturated rings. The van der Waals surface area contributed by atoms with Crippen molar-refractivity contribution in [3.63, 3.8) is 0 Å². The smallest absolute Gasteiger partial charge is 0.407 e. The number of carbonyl (C=O) groups excluding carboxylic acids is 1. The third kappa shape index (κ3) is 5.91. The van der Waals surface area contributed by atoms with Gasteiger partial charge in [-0.15, -0.1) is 0 Å². The Kier molecular flexibility index (Phi) is 5.36. The minimum absolute atomic E-state index is 0.111. The van der Waals surface area contributed by atoms with Crippen molar-refractivity contribution in [2.75, 3.05) is 11.9 Å². The molecule has 1 unspecified atom stereocenters.